The molecular formula is C34H69NO3. The van der Waals surface area contributed by atoms with Crippen LogP contribution in [-0.2, 0) is 4.79 Å². The fourth-order valence-corrected chi connectivity index (χ4v) is 5.58. The van der Waals surface area contributed by atoms with Gasteiger partial charge in [0, 0.05) is 6.42 Å². The number of aliphatic hydroxyl groups is 2. The molecule has 0 saturated carbocycles. The van der Waals surface area contributed by atoms with Crippen LogP contribution in [0, 0.1) is 5.92 Å². The summed E-state index contributed by atoms with van der Waals surface area (Å²) in [6.45, 7) is 2.88. The zero-order chi connectivity index (χ0) is 27.9. The number of carbonyl (C=O) groups excluding carboxylic acids is 1. The topological polar surface area (TPSA) is 83.5 Å². The number of Topliss-reactive ketones (excluding diaryl/α,β-unsaturated/α-hetero) is 1. The molecule has 0 aliphatic carbocycles. The van der Waals surface area contributed by atoms with Gasteiger partial charge in [0.25, 0.3) is 0 Å². The Labute approximate surface area is 238 Å². The number of rotatable bonds is 32. The summed E-state index contributed by atoms with van der Waals surface area (Å²) in [4.78, 5) is 12.5. The Morgan fingerprint density at radius 1 is 0.553 bits per heavy atom. The van der Waals surface area contributed by atoms with E-state index in [0.29, 0.717) is 12.8 Å². The highest BCUT2D eigenvalue weighted by molar-refractivity contribution is 5.81. The molecule has 0 aromatic rings. The Balaban J connectivity index is 3.55. The van der Waals surface area contributed by atoms with Crippen LogP contribution in [0.5, 0.6) is 0 Å². The van der Waals surface area contributed by atoms with Crippen LogP contribution < -0.4 is 5.73 Å². The van der Waals surface area contributed by atoms with Gasteiger partial charge in [0.2, 0.25) is 0 Å². The second-order valence-corrected chi connectivity index (χ2v) is 12.0. The minimum atomic E-state index is -0.681. The standard InChI is InChI=1S/C34H69NO3/c1-2-3-4-5-6-7-8-10-13-16-19-22-25-28-33(37)32(31-36)34(38)29-26-23-20-17-14-11-9-12-15-18-21-24-27-30-35/h32,34,36,38H,2-31,35H2,1H3. The summed E-state index contributed by atoms with van der Waals surface area (Å²) in [6.07, 6.45) is 33.7. The third kappa shape index (κ3) is 25.8. The molecule has 0 heterocycles. The van der Waals surface area contributed by atoms with Gasteiger partial charge in [-0.2, -0.15) is 0 Å². The first kappa shape index (κ1) is 37.6. The fraction of sp³-hybridized carbons (Fsp3) is 0.971. The largest absolute Gasteiger partial charge is 0.396 e. The molecule has 0 bridgehead atoms. The zero-order valence-corrected chi connectivity index (χ0v) is 25.7. The van der Waals surface area contributed by atoms with E-state index in [9.17, 15) is 15.0 Å². The number of hydrogen-bond acceptors (Lipinski definition) is 4. The molecule has 0 radical (unpaired) electrons. The van der Waals surface area contributed by atoms with Crippen molar-refractivity contribution in [2.24, 2.45) is 11.7 Å². The average molecular weight is 540 g/mol. The number of ketones is 1. The van der Waals surface area contributed by atoms with Crippen molar-refractivity contribution in [1.29, 1.82) is 0 Å². The van der Waals surface area contributed by atoms with Crippen LogP contribution in [0.1, 0.15) is 187 Å². The molecule has 2 unspecified atom stereocenters. The van der Waals surface area contributed by atoms with E-state index < -0.39 is 12.0 Å². The van der Waals surface area contributed by atoms with Gasteiger partial charge in [-0.25, -0.2) is 0 Å². The van der Waals surface area contributed by atoms with Crippen LogP contribution in [0.4, 0.5) is 0 Å². The van der Waals surface area contributed by atoms with Crippen molar-refractivity contribution in [3.05, 3.63) is 0 Å². The number of aliphatic hydroxyl groups excluding tert-OH is 2. The first-order valence-electron chi connectivity index (χ1n) is 17.2. The highest BCUT2D eigenvalue weighted by Gasteiger charge is 2.25. The van der Waals surface area contributed by atoms with Crippen molar-refractivity contribution < 1.29 is 15.0 Å². The van der Waals surface area contributed by atoms with E-state index in [4.69, 9.17) is 5.73 Å². The van der Waals surface area contributed by atoms with Crippen molar-refractivity contribution in [2.75, 3.05) is 13.2 Å². The third-order valence-corrected chi connectivity index (χ3v) is 8.31. The van der Waals surface area contributed by atoms with Gasteiger partial charge >= 0.3 is 0 Å². The van der Waals surface area contributed by atoms with Gasteiger partial charge in [-0.05, 0) is 25.8 Å². The lowest BCUT2D eigenvalue weighted by Crippen LogP contribution is -2.31. The number of hydrogen-bond donors (Lipinski definition) is 3. The second-order valence-electron chi connectivity index (χ2n) is 12.0. The Morgan fingerprint density at radius 3 is 1.26 bits per heavy atom. The number of nitrogens with two attached hydrogens (primary N) is 1. The maximum absolute atomic E-state index is 12.5. The molecule has 0 aliphatic heterocycles. The Kier molecular flexibility index (Phi) is 30.7. The molecular weight excluding hydrogens is 470 g/mol. The van der Waals surface area contributed by atoms with Gasteiger partial charge in [0.05, 0.1) is 18.6 Å². The molecule has 228 valence electrons. The summed E-state index contributed by atoms with van der Waals surface area (Å²) in [6, 6.07) is 0. The van der Waals surface area contributed by atoms with Crippen molar-refractivity contribution in [2.45, 2.75) is 193 Å². The third-order valence-electron chi connectivity index (χ3n) is 8.31. The van der Waals surface area contributed by atoms with Crippen LogP contribution in [0.25, 0.3) is 0 Å². The summed E-state index contributed by atoms with van der Waals surface area (Å²) in [7, 11) is 0. The molecule has 2 atom stereocenters. The van der Waals surface area contributed by atoms with Gasteiger partial charge in [-0.15, -0.1) is 0 Å². The lowest BCUT2D eigenvalue weighted by Gasteiger charge is -2.20. The van der Waals surface area contributed by atoms with E-state index in [-0.39, 0.29) is 12.4 Å². The van der Waals surface area contributed by atoms with Crippen molar-refractivity contribution >= 4 is 5.78 Å². The monoisotopic (exact) mass is 540 g/mol. The number of unbranched alkanes of at least 4 members (excludes halogenated alkanes) is 24. The molecule has 38 heavy (non-hydrogen) atoms. The highest BCUT2D eigenvalue weighted by Crippen LogP contribution is 2.19. The highest BCUT2D eigenvalue weighted by atomic mass is 16.3. The molecule has 0 aromatic heterocycles. The summed E-state index contributed by atoms with van der Waals surface area (Å²) >= 11 is 0. The summed E-state index contributed by atoms with van der Waals surface area (Å²) in [5.74, 6) is -0.523. The molecule has 0 aromatic carbocycles. The molecule has 0 spiro atoms. The zero-order valence-electron chi connectivity index (χ0n) is 25.7. The molecule has 4 N–H and O–H groups in total. The van der Waals surface area contributed by atoms with Gasteiger partial charge in [0.15, 0.2) is 0 Å². The molecule has 4 nitrogen and oxygen atoms in total. The normalized spacial score (nSPS) is 13.2. The first-order chi connectivity index (χ1) is 18.7. The molecule has 0 rings (SSSR count). The molecule has 0 saturated heterocycles. The predicted molar refractivity (Wildman–Crippen MR) is 166 cm³/mol. The smallest absolute Gasteiger partial charge is 0.140 e. The van der Waals surface area contributed by atoms with Gasteiger partial charge < -0.3 is 15.9 Å². The molecule has 0 aliphatic rings. The van der Waals surface area contributed by atoms with E-state index in [0.717, 1.165) is 32.2 Å². The van der Waals surface area contributed by atoms with Gasteiger partial charge in [-0.3, -0.25) is 4.79 Å². The van der Waals surface area contributed by atoms with Crippen LogP contribution in [0.3, 0.4) is 0 Å². The van der Waals surface area contributed by atoms with Crippen molar-refractivity contribution in [1.82, 2.24) is 0 Å². The van der Waals surface area contributed by atoms with Crippen LogP contribution >= 0.6 is 0 Å². The maximum atomic E-state index is 12.5. The lowest BCUT2D eigenvalue weighted by atomic mass is 9.91. The lowest BCUT2D eigenvalue weighted by molar-refractivity contribution is -0.128. The summed E-state index contributed by atoms with van der Waals surface area (Å²) in [5.41, 5.74) is 5.53. The average Bonchev–Trinajstić information content (AvgIpc) is 2.92. The minimum absolute atomic E-state index is 0.0578. The van der Waals surface area contributed by atoms with Gasteiger partial charge in [0.1, 0.15) is 5.78 Å². The second kappa shape index (κ2) is 31.1. The van der Waals surface area contributed by atoms with E-state index in [1.165, 1.54) is 141 Å². The fourth-order valence-electron chi connectivity index (χ4n) is 5.58. The summed E-state index contributed by atoms with van der Waals surface area (Å²) < 4.78 is 0. The van der Waals surface area contributed by atoms with Gasteiger partial charge in [-0.1, -0.05) is 161 Å². The Hall–Kier alpha value is -0.450. The van der Waals surface area contributed by atoms with E-state index in [2.05, 4.69) is 6.92 Å². The first-order valence-corrected chi connectivity index (χ1v) is 17.2. The Morgan fingerprint density at radius 2 is 0.895 bits per heavy atom. The van der Waals surface area contributed by atoms with Crippen LogP contribution in [0.15, 0.2) is 0 Å². The van der Waals surface area contributed by atoms with E-state index >= 15 is 0 Å². The number of carbonyl (C=O) groups is 1. The maximum Gasteiger partial charge on any atom is 0.140 e. The van der Waals surface area contributed by atoms with Crippen LogP contribution in [-0.4, -0.2) is 35.3 Å². The minimum Gasteiger partial charge on any atom is -0.396 e. The SMILES string of the molecule is CCCCCCCCCCCCCCCC(=O)C(CO)C(O)CCCCCCCCCCCCCCCN. The molecule has 0 fully saturated rings. The van der Waals surface area contributed by atoms with Crippen LogP contribution in [0.2, 0.25) is 0 Å². The summed E-state index contributed by atoms with van der Waals surface area (Å²) in [5, 5.41) is 20.2. The molecule has 4 heteroatoms. The quantitative estimate of drug-likeness (QED) is 0.0743. The Bertz CT molecular complexity index is 471. The van der Waals surface area contributed by atoms with E-state index in [1.807, 2.05) is 0 Å². The predicted octanol–water partition coefficient (Wildman–Crippen LogP) is 9.43. The van der Waals surface area contributed by atoms with E-state index in [1.54, 1.807) is 0 Å². The molecule has 0 amide bonds. The van der Waals surface area contributed by atoms with Crippen molar-refractivity contribution in [3.8, 4) is 0 Å². The van der Waals surface area contributed by atoms with Crippen molar-refractivity contribution in [3.63, 3.8) is 0 Å².